The Balaban J connectivity index is 1.43. The number of anilines is 2. The van der Waals surface area contributed by atoms with Crippen molar-refractivity contribution >= 4 is 33.7 Å². The van der Waals surface area contributed by atoms with E-state index in [-0.39, 0.29) is 11.8 Å². The van der Waals surface area contributed by atoms with Crippen LogP contribution in [0.5, 0.6) is 0 Å². The van der Waals surface area contributed by atoms with E-state index in [0.717, 1.165) is 48.0 Å². The molecule has 1 aliphatic heterocycles. The molecule has 1 saturated heterocycles. The van der Waals surface area contributed by atoms with Crippen LogP contribution in [0, 0.1) is 0 Å². The van der Waals surface area contributed by atoms with E-state index in [1.54, 1.807) is 23.6 Å². The van der Waals surface area contributed by atoms with E-state index < -0.39 is 0 Å². The fourth-order valence-electron chi connectivity index (χ4n) is 4.20. The van der Waals surface area contributed by atoms with Crippen LogP contribution in [0.3, 0.4) is 0 Å². The lowest BCUT2D eigenvalue weighted by atomic mass is 9.95. The van der Waals surface area contributed by atoms with Crippen molar-refractivity contribution in [1.29, 1.82) is 0 Å². The van der Waals surface area contributed by atoms with E-state index >= 15 is 0 Å². The second kappa shape index (κ2) is 7.95. The molecule has 2 N–H and O–H groups in total. The first-order valence-electron chi connectivity index (χ1n) is 10.3. The standard InChI is InChI=1S/C22H24N6OS/c1-2-15-6-3-4-8-17(15)24-22-25-19(21-28(22)12-13-30-21)16-7-5-11-27(14-16)20(29)18-9-10-23-26-18/h3-4,6,8-10,12-13,16H,2,5,7,11,14H2,1H3,(H,23,26)(H,24,25)/t16-/m1/s1. The van der Waals surface area contributed by atoms with Gasteiger partial charge in [0, 0.05) is 42.5 Å². The first-order valence-corrected chi connectivity index (χ1v) is 11.2. The molecule has 30 heavy (non-hydrogen) atoms. The molecule has 0 spiro atoms. The van der Waals surface area contributed by atoms with Crippen LogP contribution >= 0.6 is 11.3 Å². The van der Waals surface area contributed by atoms with Crippen molar-refractivity contribution < 1.29 is 4.79 Å². The van der Waals surface area contributed by atoms with E-state index in [1.807, 2.05) is 11.0 Å². The Morgan fingerprint density at radius 3 is 3.07 bits per heavy atom. The number of rotatable bonds is 5. The van der Waals surface area contributed by atoms with Gasteiger partial charge >= 0.3 is 0 Å². The number of piperidine rings is 1. The van der Waals surface area contributed by atoms with Gasteiger partial charge in [0.05, 0.1) is 5.69 Å². The van der Waals surface area contributed by atoms with Crippen LogP contribution in [0.25, 0.3) is 4.83 Å². The molecule has 4 heterocycles. The molecule has 1 aliphatic rings. The Morgan fingerprint density at radius 1 is 1.33 bits per heavy atom. The average molecular weight is 421 g/mol. The number of fused-ring (bicyclic) bond motifs is 1. The molecule has 7 nitrogen and oxygen atoms in total. The number of aryl methyl sites for hydroxylation is 1. The molecule has 1 atom stereocenters. The Kier molecular flexibility index (Phi) is 5.00. The van der Waals surface area contributed by atoms with Crippen LogP contribution in [0.15, 0.2) is 48.1 Å². The normalized spacial score (nSPS) is 16.8. The van der Waals surface area contributed by atoms with Gasteiger partial charge < -0.3 is 10.2 Å². The molecule has 0 saturated carbocycles. The molecule has 1 fully saturated rings. The van der Waals surface area contributed by atoms with Gasteiger partial charge in [-0.2, -0.15) is 5.10 Å². The Hall–Kier alpha value is -3.13. The fourth-order valence-corrected chi connectivity index (χ4v) is 5.11. The second-order valence-electron chi connectivity index (χ2n) is 7.60. The molecule has 0 radical (unpaired) electrons. The Bertz CT molecular complexity index is 1160. The molecule has 8 heteroatoms. The summed E-state index contributed by atoms with van der Waals surface area (Å²) in [5, 5.41) is 12.3. The monoisotopic (exact) mass is 420 g/mol. The van der Waals surface area contributed by atoms with Gasteiger partial charge in [0.2, 0.25) is 5.95 Å². The first kappa shape index (κ1) is 18.9. The lowest BCUT2D eigenvalue weighted by Crippen LogP contribution is -2.39. The minimum absolute atomic E-state index is 0.00838. The van der Waals surface area contributed by atoms with Crippen LogP contribution in [0.4, 0.5) is 11.6 Å². The zero-order chi connectivity index (χ0) is 20.5. The molecule has 0 bridgehead atoms. The zero-order valence-corrected chi connectivity index (χ0v) is 17.7. The third-order valence-corrected chi connectivity index (χ3v) is 6.64. The summed E-state index contributed by atoms with van der Waals surface area (Å²) in [7, 11) is 0. The molecule has 1 aromatic carbocycles. The predicted molar refractivity (Wildman–Crippen MR) is 119 cm³/mol. The number of aromatic nitrogens is 4. The van der Waals surface area contributed by atoms with Gasteiger partial charge in [-0.3, -0.25) is 14.3 Å². The van der Waals surface area contributed by atoms with Gasteiger partial charge in [-0.1, -0.05) is 25.1 Å². The summed E-state index contributed by atoms with van der Waals surface area (Å²) in [6.07, 6.45) is 6.63. The highest BCUT2D eigenvalue weighted by molar-refractivity contribution is 7.15. The summed E-state index contributed by atoms with van der Waals surface area (Å²) in [5.41, 5.74) is 3.97. The van der Waals surface area contributed by atoms with Gasteiger partial charge in [-0.15, -0.1) is 11.3 Å². The average Bonchev–Trinajstić information content (AvgIpc) is 3.53. The quantitative estimate of drug-likeness (QED) is 0.500. The van der Waals surface area contributed by atoms with Crippen molar-refractivity contribution in [3.63, 3.8) is 0 Å². The topological polar surface area (TPSA) is 78.3 Å². The number of imidazole rings is 1. The molecule has 3 aromatic heterocycles. The maximum Gasteiger partial charge on any atom is 0.271 e. The van der Waals surface area contributed by atoms with Crippen LogP contribution in [-0.2, 0) is 6.42 Å². The highest BCUT2D eigenvalue weighted by atomic mass is 32.1. The van der Waals surface area contributed by atoms with Crippen molar-refractivity contribution in [2.45, 2.75) is 32.1 Å². The van der Waals surface area contributed by atoms with Crippen LogP contribution < -0.4 is 5.32 Å². The van der Waals surface area contributed by atoms with E-state index in [0.29, 0.717) is 12.2 Å². The number of nitrogens with zero attached hydrogens (tertiary/aromatic N) is 4. The number of likely N-dealkylation sites (tertiary alicyclic amines) is 1. The van der Waals surface area contributed by atoms with Crippen LogP contribution in [0.2, 0.25) is 0 Å². The van der Waals surface area contributed by atoms with Crippen molar-refractivity contribution in [2.75, 3.05) is 18.4 Å². The van der Waals surface area contributed by atoms with Gasteiger partial charge in [0.25, 0.3) is 5.91 Å². The number of aromatic amines is 1. The molecule has 1 amide bonds. The fraction of sp³-hybridized carbons (Fsp3) is 0.318. The first-order chi connectivity index (χ1) is 14.7. The summed E-state index contributed by atoms with van der Waals surface area (Å²) in [6, 6.07) is 10.1. The number of hydrogen-bond donors (Lipinski definition) is 2. The minimum atomic E-state index is 0.00838. The number of amides is 1. The SMILES string of the molecule is CCc1ccccc1Nc1nc([C@@H]2CCCN(C(=O)c3ccn[nH]3)C2)c2sccn12. The van der Waals surface area contributed by atoms with E-state index in [1.165, 1.54) is 5.56 Å². The number of para-hydroxylation sites is 1. The minimum Gasteiger partial charge on any atom is -0.337 e. The molecular formula is C22H24N6OS. The smallest absolute Gasteiger partial charge is 0.271 e. The number of H-pyrrole nitrogens is 1. The molecule has 0 aliphatic carbocycles. The molecule has 154 valence electrons. The summed E-state index contributed by atoms with van der Waals surface area (Å²) in [6.45, 7) is 3.60. The summed E-state index contributed by atoms with van der Waals surface area (Å²) in [5.74, 6) is 1.06. The van der Waals surface area contributed by atoms with Crippen molar-refractivity contribution in [1.82, 2.24) is 24.5 Å². The highest BCUT2D eigenvalue weighted by Crippen LogP contribution is 2.34. The summed E-state index contributed by atoms with van der Waals surface area (Å²) in [4.78, 5) is 20.9. The number of carbonyl (C=O) groups is 1. The Morgan fingerprint density at radius 2 is 2.23 bits per heavy atom. The molecule has 0 unspecified atom stereocenters. The molecule has 4 aromatic rings. The third-order valence-electron chi connectivity index (χ3n) is 5.75. The largest absolute Gasteiger partial charge is 0.337 e. The van der Waals surface area contributed by atoms with E-state index in [4.69, 9.17) is 4.98 Å². The lowest BCUT2D eigenvalue weighted by Gasteiger charge is -2.31. The van der Waals surface area contributed by atoms with E-state index in [9.17, 15) is 4.79 Å². The molecular weight excluding hydrogens is 396 g/mol. The van der Waals surface area contributed by atoms with E-state index in [2.05, 4.69) is 56.6 Å². The summed E-state index contributed by atoms with van der Waals surface area (Å²) < 4.78 is 2.13. The number of hydrogen-bond acceptors (Lipinski definition) is 5. The van der Waals surface area contributed by atoms with Crippen LogP contribution in [-0.4, -0.2) is 43.5 Å². The second-order valence-corrected chi connectivity index (χ2v) is 8.49. The Labute approximate surface area is 178 Å². The maximum absolute atomic E-state index is 12.8. The molecule has 5 rings (SSSR count). The van der Waals surface area contributed by atoms with Crippen LogP contribution in [0.1, 0.15) is 47.4 Å². The number of carbonyl (C=O) groups excluding carboxylic acids is 1. The summed E-state index contributed by atoms with van der Waals surface area (Å²) >= 11 is 1.70. The lowest BCUT2D eigenvalue weighted by molar-refractivity contribution is 0.0700. The van der Waals surface area contributed by atoms with Crippen molar-refractivity contribution in [2.24, 2.45) is 0 Å². The third kappa shape index (κ3) is 3.37. The van der Waals surface area contributed by atoms with Crippen molar-refractivity contribution in [3.8, 4) is 0 Å². The van der Waals surface area contributed by atoms with Gasteiger partial charge in [0.1, 0.15) is 10.5 Å². The number of thiazole rings is 1. The predicted octanol–water partition coefficient (Wildman–Crippen LogP) is 4.44. The van der Waals surface area contributed by atoms with Gasteiger partial charge in [-0.05, 0) is 37.0 Å². The maximum atomic E-state index is 12.8. The van der Waals surface area contributed by atoms with Gasteiger partial charge in [0.15, 0.2) is 0 Å². The zero-order valence-electron chi connectivity index (χ0n) is 16.8. The highest BCUT2D eigenvalue weighted by Gasteiger charge is 2.29. The van der Waals surface area contributed by atoms with Gasteiger partial charge in [-0.25, -0.2) is 4.98 Å². The number of benzene rings is 1. The van der Waals surface area contributed by atoms with Crippen molar-refractivity contribution in [3.05, 3.63) is 65.1 Å². The number of nitrogens with one attached hydrogen (secondary N) is 2.